The number of nitrogens with zero attached hydrogens (tertiary/aromatic N) is 6. The second-order valence-corrected chi connectivity index (χ2v) is 5.02. The van der Waals surface area contributed by atoms with Crippen molar-refractivity contribution in [2.24, 2.45) is 7.05 Å². The van der Waals surface area contributed by atoms with Crippen molar-refractivity contribution in [3.05, 3.63) is 42.5 Å². The molecule has 1 aliphatic rings. The Kier molecular flexibility index (Phi) is 1.62. The number of hydrogen-bond donors (Lipinski definition) is 0. The summed E-state index contributed by atoms with van der Waals surface area (Å²) >= 11 is 0. The minimum absolute atomic E-state index is 0.729. The number of hydrogen-bond acceptors (Lipinski definition) is 3. The molecular weight excluding hydrogens is 252 g/mol. The molecule has 5 heterocycles. The fraction of sp³-hybridized carbons (Fsp3) is 0.143. The lowest BCUT2D eigenvalue weighted by Gasteiger charge is -1.96. The Balaban J connectivity index is 1.98. The SMILES string of the molecule is C[n+]1c2n(c3nc4ncccn4c31)Cc1ncccc1-2. The molecule has 96 valence electrons. The fourth-order valence-electron chi connectivity index (χ4n) is 3.13. The molecule has 4 aromatic heterocycles. The number of imidazole rings is 2. The van der Waals surface area contributed by atoms with Gasteiger partial charge in [0.25, 0.3) is 17.1 Å². The predicted molar refractivity (Wildman–Crippen MR) is 72.0 cm³/mol. The summed E-state index contributed by atoms with van der Waals surface area (Å²) in [6.45, 7) is 0.771. The van der Waals surface area contributed by atoms with E-state index in [0.29, 0.717) is 0 Å². The van der Waals surface area contributed by atoms with Crippen molar-refractivity contribution in [3.63, 3.8) is 0 Å². The van der Waals surface area contributed by atoms with Crippen molar-refractivity contribution >= 4 is 17.1 Å². The van der Waals surface area contributed by atoms with E-state index < -0.39 is 0 Å². The maximum atomic E-state index is 4.66. The first-order valence-electron chi connectivity index (χ1n) is 6.50. The molecule has 4 aromatic rings. The number of aromatic nitrogens is 6. The van der Waals surface area contributed by atoms with Crippen LogP contribution in [0.15, 0.2) is 36.8 Å². The topological polar surface area (TPSA) is 51.9 Å². The van der Waals surface area contributed by atoms with E-state index in [2.05, 4.69) is 37.2 Å². The summed E-state index contributed by atoms with van der Waals surface area (Å²) in [6.07, 6.45) is 5.60. The van der Waals surface area contributed by atoms with Gasteiger partial charge in [-0.1, -0.05) is 0 Å². The highest BCUT2D eigenvalue weighted by atomic mass is 15.3. The first kappa shape index (κ1) is 10.1. The Hall–Kier alpha value is -2.76. The van der Waals surface area contributed by atoms with E-state index >= 15 is 0 Å². The van der Waals surface area contributed by atoms with E-state index in [1.165, 1.54) is 5.56 Å². The van der Waals surface area contributed by atoms with Crippen molar-refractivity contribution in [3.8, 4) is 11.4 Å². The van der Waals surface area contributed by atoms with Crippen LogP contribution >= 0.6 is 0 Å². The molecule has 0 amide bonds. The standard InChI is InChI=1S/C14H11N6/c1-18-12-9-4-2-5-15-10(9)8-20(12)11-13(18)19-7-3-6-16-14(19)17-11/h2-7H,8H2,1H3/q+1. The summed E-state index contributed by atoms with van der Waals surface area (Å²) in [5, 5.41) is 0. The molecule has 0 aliphatic carbocycles. The summed E-state index contributed by atoms with van der Waals surface area (Å²) in [7, 11) is 2.07. The van der Waals surface area contributed by atoms with Gasteiger partial charge in [-0.3, -0.25) is 4.98 Å². The van der Waals surface area contributed by atoms with Gasteiger partial charge in [-0.05, 0) is 18.2 Å². The second-order valence-electron chi connectivity index (χ2n) is 5.02. The zero-order chi connectivity index (χ0) is 13.3. The zero-order valence-corrected chi connectivity index (χ0v) is 10.9. The molecular formula is C14H11N6+. The minimum Gasteiger partial charge on any atom is -0.257 e. The third-order valence-electron chi connectivity index (χ3n) is 3.95. The molecule has 0 saturated carbocycles. The van der Waals surface area contributed by atoms with Gasteiger partial charge in [0.1, 0.15) is 6.54 Å². The maximum absolute atomic E-state index is 4.66. The van der Waals surface area contributed by atoms with Crippen LogP contribution in [0.1, 0.15) is 5.69 Å². The number of pyridine rings is 1. The first-order valence-corrected chi connectivity index (χ1v) is 6.50. The average Bonchev–Trinajstić information content (AvgIpc) is 3.10. The summed E-state index contributed by atoms with van der Waals surface area (Å²) in [4.78, 5) is 13.4. The fourth-order valence-corrected chi connectivity index (χ4v) is 3.13. The smallest absolute Gasteiger partial charge is 0.257 e. The summed E-state index contributed by atoms with van der Waals surface area (Å²) in [6, 6.07) is 6.02. The molecule has 0 atom stereocenters. The molecule has 0 bridgehead atoms. The van der Waals surface area contributed by atoms with Crippen LogP contribution in [0.3, 0.4) is 0 Å². The summed E-state index contributed by atoms with van der Waals surface area (Å²) in [5.41, 5.74) is 4.31. The van der Waals surface area contributed by atoms with E-state index in [9.17, 15) is 0 Å². The van der Waals surface area contributed by atoms with Crippen molar-refractivity contribution in [2.75, 3.05) is 0 Å². The lowest BCUT2D eigenvalue weighted by atomic mass is 10.2. The van der Waals surface area contributed by atoms with Gasteiger partial charge >= 0.3 is 0 Å². The molecule has 5 rings (SSSR count). The molecule has 0 spiro atoms. The van der Waals surface area contributed by atoms with Crippen LogP contribution in [0.4, 0.5) is 0 Å². The van der Waals surface area contributed by atoms with Crippen LogP contribution in [0.5, 0.6) is 0 Å². The van der Waals surface area contributed by atoms with Crippen molar-refractivity contribution in [2.45, 2.75) is 6.54 Å². The zero-order valence-electron chi connectivity index (χ0n) is 10.9. The lowest BCUT2D eigenvalue weighted by molar-refractivity contribution is -0.636. The quantitative estimate of drug-likeness (QED) is 0.391. The predicted octanol–water partition coefficient (Wildman–Crippen LogP) is 0.932. The van der Waals surface area contributed by atoms with E-state index in [1.54, 1.807) is 6.20 Å². The number of aryl methyl sites for hydroxylation is 1. The van der Waals surface area contributed by atoms with Gasteiger partial charge in [-0.15, -0.1) is 0 Å². The molecule has 0 saturated heterocycles. The highest BCUT2D eigenvalue weighted by Gasteiger charge is 2.34. The van der Waals surface area contributed by atoms with Gasteiger partial charge in [0.05, 0.1) is 24.5 Å². The lowest BCUT2D eigenvalue weighted by Crippen LogP contribution is -2.30. The monoisotopic (exact) mass is 263 g/mol. The average molecular weight is 263 g/mol. The Morgan fingerprint density at radius 1 is 1.20 bits per heavy atom. The summed E-state index contributed by atoms with van der Waals surface area (Å²) in [5.74, 6) is 1.89. The Labute approximate surface area is 114 Å². The molecule has 0 aromatic carbocycles. The van der Waals surface area contributed by atoms with Gasteiger partial charge in [-0.2, -0.15) is 9.38 Å². The molecule has 6 heteroatoms. The second kappa shape index (κ2) is 3.22. The van der Waals surface area contributed by atoms with Crippen molar-refractivity contribution < 1.29 is 4.57 Å². The van der Waals surface area contributed by atoms with Gasteiger partial charge in [0.2, 0.25) is 5.82 Å². The Bertz CT molecular complexity index is 994. The van der Waals surface area contributed by atoms with Crippen molar-refractivity contribution in [1.82, 2.24) is 23.9 Å². The minimum atomic E-state index is 0.729. The third kappa shape index (κ3) is 1.01. The number of rotatable bonds is 0. The van der Waals surface area contributed by atoms with Gasteiger partial charge in [0.15, 0.2) is 0 Å². The molecule has 6 nitrogen and oxygen atoms in total. The molecule has 1 aliphatic heterocycles. The van der Waals surface area contributed by atoms with Crippen LogP contribution in [0.25, 0.3) is 28.5 Å². The van der Waals surface area contributed by atoms with E-state index in [0.717, 1.165) is 35.1 Å². The summed E-state index contributed by atoms with van der Waals surface area (Å²) < 4.78 is 6.41. The Morgan fingerprint density at radius 3 is 3.05 bits per heavy atom. The van der Waals surface area contributed by atoms with E-state index in [4.69, 9.17) is 0 Å². The normalized spacial score (nSPS) is 13.1. The van der Waals surface area contributed by atoms with Crippen LogP contribution in [0, 0.1) is 0 Å². The van der Waals surface area contributed by atoms with E-state index in [1.807, 2.05) is 28.9 Å². The third-order valence-corrected chi connectivity index (χ3v) is 3.95. The highest BCUT2D eigenvalue weighted by Crippen LogP contribution is 2.31. The molecule has 0 fully saturated rings. The Morgan fingerprint density at radius 2 is 2.10 bits per heavy atom. The highest BCUT2D eigenvalue weighted by molar-refractivity contribution is 5.76. The molecule has 20 heavy (non-hydrogen) atoms. The molecule has 0 N–H and O–H groups in total. The van der Waals surface area contributed by atoms with Gasteiger partial charge in [-0.25, -0.2) is 14.1 Å². The first-order chi connectivity index (χ1) is 9.84. The van der Waals surface area contributed by atoms with Crippen LogP contribution in [-0.4, -0.2) is 23.9 Å². The number of fused-ring (bicyclic) bond motifs is 7. The molecule has 0 unspecified atom stereocenters. The van der Waals surface area contributed by atoms with E-state index in [-0.39, 0.29) is 0 Å². The molecule has 0 radical (unpaired) electrons. The van der Waals surface area contributed by atoms with Gasteiger partial charge in [0, 0.05) is 12.4 Å². The maximum Gasteiger partial charge on any atom is 0.299 e. The van der Waals surface area contributed by atoms with Crippen LogP contribution in [0.2, 0.25) is 0 Å². The van der Waals surface area contributed by atoms with Crippen LogP contribution < -0.4 is 4.57 Å². The van der Waals surface area contributed by atoms with Crippen molar-refractivity contribution in [1.29, 1.82) is 0 Å². The largest absolute Gasteiger partial charge is 0.299 e. The van der Waals surface area contributed by atoms with Crippen LogP contribution in [-0.2, 0) is 13.6 Å². The van der Waals surface area contributed by atoms with Gasteiger partial charge < -0.3 is 0 Å².